The van der Waals surface area contributed by atoms with Crippen molar-refractivity contribution in [3.63, 3.8) is 0 Å². The second-order valence-electron chi connectivity index (χ2n) is 3.61. The molecule has 1 aliphatic rings. The summed E-state index contributed by atoms with van der Waals surface area (Å²) in [4.78, 5) is 2.38. The van der Waals surface area contributed by atoms with Crippen molar-refractivity contribution < 1.29 is 0 Å². The number of likely N-dealkylation sites (tertiary alicyclic amines) is 1. The summed E-state index contributed by atoms with van der Waals surface area (Å²) in [6.07, 6.45) is 2.80. The van der Waals surface area contributed by atoms with Crippen LogP contribution in [0.2, 0.25) is 0 Å². The lowest BCUT2D eigenvalue weighted by atomic mass is 10.2. The first-order valence-corrected chi connectivity index (χ1v) is 5.01. The lowest BCUT2D eigenvalue weighted by molar-refractivity contribution is 0.335. The molecule has 0 N–H and O–H groups in total. The summed E-state index contributed by atoms with van der Waals surface area (Å²) < 4.78 is 1.86. The average molecular weight is 190 g/mol. The molecule has 2 rings (SSSR count). The molecule has 0 saturated carbocycles. The van der Waals surface area contributed by atoms with E-state index >= 15 is 0 Å². The quantitative estimate of drug-likeness (QED) is 0.699. The predicted octanol–water partition coefficient (Wildman–Crippen LogP) is 1.02. The van der Waals surface area contributed by atoms with E-state index in [9.17, 15) is 0 Å². The standard InChI is InChI=1S/C10H14N4/c1-2-13-6-4-10(8-13)14-9(7-11)3-5-12-14/h3,5,10H,2,4,6,8H2,1H3. The van der Waals surface area contributed by atoms with E-state index in [-0.39, 0.29) is 0 Å². The number of rotatable bonds is 2. The molecule has 1 fully saturated rings. The second-order valence-corrected chi connectivity index (χ2v) is 3.61. The topological polar surface area (TPSA) is 44.9 Å². The summed E-state index contributed by atoms with van der Waals surface area (Å²) in [5.74, 6) is 0. The molecule has 1 aromatic heterocycles. The van der Waals surface area contributed by atoms with Crippen LogP contribution < -0.4 is 0 Å². The van der Waals surface area contributed by atoms with Crippen LogP contribution in [0, 0.1) is 11.3 Å². The fraction of sp³-hybridized carbons (Fsp3) is 0.600. The molecule has 4 nitrogen and oxygen atoms in total. The minimum Gasteiger partial charge on any atom is -0.301 e. The molecule has 14 heavy (non-hydrogen) atoms. The van der Waals surface area contributed by atoms with Crippen LogP contribution in [0.25, 0.3) is 0 Å². The van der Waals surface area contributed by atoms with Crippen molar-refractivity contribution in [1.29, 1.82) is 5.26 Å². The number of nitrogens with zero attached hydrogens (tertiary/aromatic N) is 4. The van der Waals surface area contributed by atoms with Gasteiger partial charge in [0.05, 0.1) is 12.2 Å². The Morgan fingerprint density at radius 3 is 3.21 bits per heavy atom. The molecule has 4 heteroatoms. The summed E-state index contributed by atoms with van der Waals surface area (Å²) in [6, 6.07) is 4.33. The van der Waals surface area contributed by atoms with Crippen LogP contribution in [0.1, 0.15) is 25.1 Å². The Balaban J connectivity index is 2.14. The summed E-state index contributed by atoms with van der Waals surface area (Å²) >= 11 is 0. The first kappa shape index (κ1) is 9.22. The van der Waals surface area contributed by atoms with Gasteiger partial charge in [-0.05, 0) is 19.0 Å². The zero-order chi connectivity index (χ0) is 9.97. The number of hydrogen-bond donors (Lipinski definition) is 0. The fourth-order valence-corrected chi connectivity index (χ4v) is 1.99. The van der Waals surface area contributed by atoms with Crippen LogP contribution in [0.5, 0.6) is 0 Å². The van der Waals surface area contributed by atoms with Crippen LogP contribution in [0.4, 0.5) is 0 Å². The molecule has 0 aliphatic carbocycles. The molecule has 0 aromatic carbocycles. The number of nitriles is 1. The van der Waals surface area contributed by atoms with E-state index in [0.29, 0.717) is 11.7 Å². The molecule has 1 unspecified atom stereocenters. The van der Waals surface area contributed by atoms with Gasteiger partial charge in [-0.25, -0.2) is 0 Å². The van der Waals surface area contributed by atoms with Crippen LogP contribution in [0.3, 0.4) is 0 Å². The molecule has 1 atom stereocenters. The van der Waals surface area contributed by atoms with Gasteiger partial charge in [0, 0.05) is 13.1 Å². The third kappa shape index (κ3) is 1.51. The molecule has 0 bridgehead atoms. The summed E-state index contributed by atoms with van der Waals surface area (Å²) in [5, 5.41) is 13.1. The van der Waals surface area contributed by atoms with E-state index in [1.807, 2.05) is 4.68 Å². The molecule has 74 valence electrons. The number of aromatic nitrogens is 2. The largest absolute Gasteiger partial charge is 0.301 e. The van der Waals surface area contributed by atoms with Crippen molar-refractivity contribution in [3.05, 3.63) is 18.0 Å². The van der Waals surface area contributed by atoms with Gasteiger partial charge in [0.15, 0.2) is 0 Å². The van der Waals surface area contributed by atoms with Gasteiger partial charge in [-0.2, -0.15) is 10.4 Å². The van der Waals surface area contributed by atoms with Gasteiger partial charge in [-0.1, -0.05) is 6.92 Å². The van der Waals surface area contributed by atoms with Crippen LogP contribution >= 0.6 is 0 Å². The lowest BCUT2D eigenvalue weighted by Gasteiger charge is -2.13. The van der Waals surface area contributed by atoms with Crippen molar-refractivity contribution in [1.82, 2.24) is 14.7 Å². The van der Waals surface area contributed by atoms with Gasteiger partial charge in [-0.15, -0.1) is 0 Å². The first-order chi connectivity index (χ1) is 6.85. The van der Waals surface area contributed by atoms with E-state index in [4.69, 9.17) is 5.26 Å². The van der Waals surface area contributed by atoms with Gasteiger partial charge < -0.3 is 4.90 Å². The van der Waals surface area contributed by atoms with Crippen molar-refractivity contribution >= 4 is 0 Å². The maximum Gasteiger partial charge on any atom is 0.138 e. The van der Waals surface area contributed by atoms with Crippen molar-refractivity contribution in [2.45, 2.75) is 19.4 Å². The third-order valence-electron chi connectivity index (χ3n) is 2.83. The summed E-state index contributed by atoms with van der Waals surface area (Å²) in [5.41, 5.74) is 0.674. The van der Waals surface area contributed by atoms with Crippen LogP contribution in [-0.2, 0) is 0 Å². The Morgan fingerprint density at radius 2 is 2.57 bits per heavy atom. The molecule has 0 spiro atoms. The van der Waals surface area contributed by atoms with Crippen molar-refractivity contribution in [3.8, 4) is 6.07 Å². The number of hydrogen-bond acceptors (Lipinski definition) is 3. The Labute approximate surface area is 83.7 Å². The first-order valence-electron chi connectivity index (χ1n) is 5.01. The maximum absolute atomic E-state index is 8.87. The molecule has 1 aliphatic heterocycles. The fourth-order valence-electron chi connectivity index (χ4n) is 1.99. The second kappa shape index (κ2) is 3.81. The predicted molar refractivity (Wildman–Crippen MR) is 52.7 cm³/mol. The highest BCUT2D eigenvalue weighted by Gasteiger charge is 2.24. The minimum atomic E-state index is 0.389. The Morgan fingerprint density at radius 1 is 1.71 bits per heavy atom. The Bertz CT molecular complexity index is 349. The molecule has 1 saturated heterocycles. The van der Waals surface area contributed by atoms with Gasteiger partial charge >= 0.3 is 0 Å². The van der Waals surface area contributed by atoms with E-state index < -0.39 is 0 Å². The lowest BCUT2D eigenvalue weighted by Crippen LogP contribution is -2.21. The third-order valence-corrected chi connectivity index (χ3v) is 2.83. The average Bonchev–Trinajstić information content (AvgIpc) is 2.85. The van der Waals surface area contributed by atoms with Crippen LogP contribution in [0.15, 0.2) is 12.3 Å². The Hall–Kier alpha value is -1.34. The van der Waals surface area contributed by atoms with Crippen molar-refractivity contribution in [2.24, 2.45) is 0 Å². The highest BCUT2D eigenvalue weighted by atomic mass is 15.3. The normalized spacial score (nSPS) is 22.4. The zero-order valence-electron chi connectivity index (χ0n) is 8.35. The van der Waals surface area contributed by atoms with E-state index in [1.165, 1.54) is 0 Å². The number of likely N-dealkylation sites (N-methyl/N-ethyl adjacent to an activating group) is 1. The SMILES string of the molecule is CCN1CCC(n2nccc2C#N)C1. The van der Waals surface area contributed by atoms with Gasteiger partial charge in [0.25, 0.3) is 0 Å². The smallest absolute Gasteiger partial charge is 0.138 e. The minimum absolute atomic E-state index is 0.389. The van der Waals surface area contributed by atoms with E-state index in [1.54, 1.807) is 12.3 Å². The Kier molecular flexibility index (Phi) is 2.51. The molecular weight excluding hydrogens is 176 g/mol. The molecule has 0 radical (unpaired) electrons. The van der Waals surface area contributed by atoms with E-state index in [0.717, 1.165) is 26.1 Å². The van der Waals surface area contributed by atoms with E-state index in [2.05, 4.69) is 23.0 Å². The van der Waals surface area contributed by atoms with Crippen molar-refractivity contribution in [2.75, 3.05) is 19.6 Å². The zero-order valence-corrected chi connectivity index (χ0v) is 8.35. The maximum atomic E-state index is 8.87. The molecule has 1 aromatic rings. The monoisotopic (exact) mass is 190 g/mol. The van der Waals surface area contributed by atoms with Gasteiger partial charge in [-0.3, -0.25) is 4.68 Å². The molecule has 2 heterocycles. The van der Waals surface area contributed by atoms with Gasteiger partial charge in [0.2, 0.25) is 0 Å². The highest BCUT2D eigenvalue weighted by Crippen LogP contribution is 2.21. The van der Waals surface area contributed by atoms with Crippen LogP contribution in [-0.4, -0.2) is 34.3 Å². The van der Waals surface area contributed by atoms with Gasteiger partial charge in [0.1, 0.15) is 11.8 Å². The summed E-state index contributed by atoms with van der Waals surface area (Å²) in [7, 11) is 0. The molecular formula is C10H14N4. The highest BCUT2D eigenvalue weighted by molar-refractivity contribution is 5.19. The molecule has 0 amide bonds. The summed E-state index contributed by atoms with van der Waals surface area (Å²) in [6.45, 7) is 5.38.